The fraction of sp³-hybridized carbons (Fsp3) is 0.261. The van der Waals surface area contributed by atoms with Crippen molar-refractivity contribution in [3.63, 3.8) is 0 Å². The molecule has 3 aromatic rings. The van der Waals surface area contributed by atoms with Gasteiger partial charge < -0.3 is 25.0 Å². The second kappa shape index (κ2) is 10.5. The van der Waals surface area contributed by atoms with Gasteiger partial charge >= 0.3 is 6.03 Å². The number of pyridine rings is 1. The van der Waals surface area contributed by atoms with Crippen molar-refractivity contribution in [3.05, 3.63) is 61.2 Å². The molecule has 1 aliphatic heterocycles. The highest BCUT2D eigenvalue weighted by atomic mass is 16.5. The van der Waals surface area contributed by atoms with Crippen molar-refractivity contribution in [1.29, 1.82) is 0 Å². The minimum atomic E-state index is -0.348. The zero-order chi connectivity index (χ0) is 23.0. The van der Waals surface area contributed by atoms with Crippen LogP contribution in [0.25, 0.3) is 17.1 Å². The molecule has 1 saturated heterocycles. The van der Waals surface area contributed by atoms with E-state index in [-0.39, 0.29) is 6.03 Å². The van der Waals surface area contributed by atoms with Crippen molar-refractivity contribution in [3.8, 4) is 11.4 Å². The zero-order valence-corrected chi connectivity index (χ0v) is 18.3. The Morgan fingerprint density at radius 1 is 1.03 bits per heavy atom. The summed E-state index contributed by atoms with van der Waals surface area (Å²) in [5.41, 5.74) is 2.06. The summed E-state index contributed by atoms with van der Waals surface area (Å²) in [7, 11) is 0. The van der Waals surface area contributed by atoms with Crippen molar-refractivity contribution in [1.82, 2.24) is 19.9 Å². The average Bonchev–Trinajstić information content (AvgIpc) is 2.85. The van der Waals surface area contributed by atoms with Gasteiger partial charge in [0.2, 0.25) is 5.95 Å². The molecule has 0 radical (unpaired) electrons. The SMILES string of the molecule is C=C(OCC)c1nc(-c2ccc(NC(=O)Nc3ccncc3)cc2)nc(N2CCOCC2)n1. The second-order valence-corrected chi connectivity index (χ2v) is 7.13. The predicted molar refractivity (Wildman–Crippen MR) is 126 cm³/mol. The largest absolute Gasteiger partial charge is 0.491 e. The number of morpholine rings is 1. The first-order chi connectivity index (χ1) is 16.1. The molecule has 1 aliphatic rings. The zero-order valence-electron chi connectivity index (χ0n) is 18.3. The van der Waals surface area contributed by atoms with Gasteiger partial charge in [0.1, 0.15) is 0 Å². The highest BCUT2D eigenvalue weighted by molar-refractivity contribution is 5.99. The molecule has 10 nitrogen and oxygen atoms in total. The summed E-state index contributed by atoms with van der Waals surface area (Å²) in [5, 5.41) is 5.55. The van der Waals surface area contributed by atoms with Crippen LogP contribution in [0.2, 0.25) is 0 Å². The van der Waals surface area contributed by atoms with E-state index in [4.69, 9.17) is 9.47 Å². The Bertz CT molecular complexity index is 1100. The van der Waals surface area contributed by atoms with Crippen LogP contribution in [0.5, 0.6) is 0 Å². The Morgan fingerprint density at radius 3 is 2.36 bits per heavy atom. The molecular formula is C23H25N7O3. The number of rotatable bonds is 7. The number of nitrogens with zero attached hydrogens (tertiary/aromatic N) is 5. The van der Waals surface area contributed by atoms with Gasteiger partial charge in [0.25, 0.3) is 0 Å². The molecule has 170 valence electrons. The van der Waals surface area contributed by atoms with Gasteiger partial charge in [-0.25, -0.2) is 9.78 Å². The van der Waals surface area contributed by atoms with E-state index in [2.05, 4.69) is 42.0 Å². The Morgan fingerprint density at radius 2 is 1.70 bits per heavy atom. The summed E-state index contributed by atoms with van der Waals surface area (Å²) in [5.74, 6) is 1.83. The number of carbonyl (C=O) groups is 1. The second-order valence-electron chi connectivity index (χ2n) is 7.13. The molecule has 2 aromatic heterocycles. The lowest BCUT2D eigenvalue weighted by molar-refractivity contribution is 0.122. The van der Waals surface area contributed by atoms with Crippen molar-refractivity contribution < 1.29 is 14.3 Å². The molecule has 0 bridgehead atoms. The number of nitrogens with one attached hydrogen (secondary N) is 2. The Hall–Kier alpha value is -4.05. The maximum Gasteiger partial charge on any atom is 0.323 e. The number of urea groups is 1. The number of amides is 2. The molecule has 10 heteroatoms. The third-order valence-corrected chi connectivity index (χ3v) is 4.82. The van der Waals surface area contributed by atoms with E-state index in [0.717, 1.165) is 5.56 Å². The van der Waals surface area contributed by atoms with E-state index in [0.29, 0.717) is 67.6 Å². The number of aromatic nitrogens is 4. The molecule has 1 aromatic carbocycles. The first-order valence-corrected chi connectivity index (χ1v) is 10.6. The van der Waals surface area contributed by atoms with E-state index in [9.17, 15) is 4.79 Å². The highest BCUT2D eigenvalue weighted by Crippen LogP contribution is 2.23. The number of carbonyl (C=O) groups excluding carboxylic acids is 1. The number of anilines is 3. The number of hydrogen-bond acceptors (Lipinski definition) is 8. The quantitative estimate of drug-likeness (QED) is 0.530. The van der Waals surface area contributed by atoms with Crippen molar-refractivity contribution >= 4 is 29.1 Å². The van der Waals surface area contributed by atoms with Crippen LogP contribution in [-0.2, 0) is 9.47 Å². The molecule has 33 heavy (non-hydrogen) atoms. The Kier molecular flexibility index (Phi) is 7.06. The van der Waals surface area contributed by atoms with Gasteiger partial charge in [-0.2, -0.15) is 9.97 Å². The minimum Gasteiger partial charge on any atom is -0.491 e. The molecule has 0 unspecified atom stereocenters. The summed E-state index contributed by atoms with van der Waals surface area (Å²) in [4.78, 5) is 32.0. The van der Waals surface area contributed by atoms with E-state index in [1.54, 1.807) is 36.7 Å². The van der Waals surface area contributed by atoms with Gasteiger partial charge in [-0.15, -0.1) is 0 Å². The summed E-state index contributed by atoms with van der Waals surface area (Å²) in [6, 6.07) is 10.3. The molecule has 1 fully saturated rings. The van der Waals surface area contributed by atoms with E-state index >= 15 is 0 Å². The highest BCUT2D eigenvalue weighted by Gasteiger charge is 2.18. The molecule has 0 spiro atoms. The lowest BCUT2D eigenvalue weighted by Gasteiger charge is -2.27. The maximum atomic E-state index is 12.2. The Labute approximate surface area is 191 Å². The molecular weight excluding hydrogens is 422 g/mol. The normalized spacial score (nSPS) is 13.3. The molecule has 2 N–H and O–H groups in total. The van der Waals surface area contributed by atoms with Crippen molar-refractivity contribution in [2.45, 2.75) is 6.92 Å². The summed E-state index contributed by atoms with van der Waals surface area (Å²) in [6.45, 7) is 8.91. The molecule has 0 saturated carbocycles. The van der Waals surface area contributed by atoms with Crippen LogP contribution >= 0.6 is 0 Å². The fourth-order valence-corrected chi connectivity index (χ4v) is 3.19. The third kappa shape index (κ3) is 5.80. The topological polar surface area (TPSA) is 114 Å². The first kappa shape index (κ1) is 22.2. The molecule has 2 amide bonds. The van der Waals surface area contributed by atoms with Gasteiger partial charge in [-0.1, -0.05) is 6.58 Å². The summed E-state index contributed by atoms with van der Waals surface area (Å²) < 4.78 is 11.0. The number of hydrogen-bond donors (Lipinski definition) is 2. The summed E-state index contributed by atoms with van der Waals surface area (Å²) in [6.07, 6.45) is 3.22. The molecule has 3 heterocycles. The van der Waals surface area contributed by atoms with E-state index < -0.39 is 0 Å². The smallest absolute Gasteiger partial charge is 0.323 e. The van der Waals surface area contributed by atoms with Crippen LogP contribution in [0, 0.1) is 0 Å². The molecule has 0 atom stereocenters. The maximum absolute atomic E-state index is 12.2. The Balaban J connectivity index is 1.53. The lowest BCUT2D eigenvalue weighted by Crippen LogP contribution is -2.37. The lowest BCUT2D eigenvalue weighted by atomic mass is 10.2. The van der Waals surface area contributed by atoms with Gasteiger partial charge in [-0.3, -0.25) is 4.98 Å². The van der Waals surface area contributed by atoms with Crippen LogP contribution in [0.15, 0.2) is 55.4 Å². The average molecular weight is 447 g/mol. The van der Waals surface area contributed by atoms with Gasteiger partial charge in [0.05, 0.1) is 19.8 Å². The van der Waals surface area contributed by atoms with E-state index in [1.807, 2.05) is 19.1 Å². The first-order valence-electron chi connectivity index (χ1n) is 10.6. The fourth-order valence-electron chi connectivity index (χ4n) is 3.19. The van der Waals surface area contributed by atoms with Crippen LogP contribution in [0.4, 0.5) is 22.1 Å². The standard InChI is InChI=1S/C23H25N7O3/c1-3-33-16(2)20-27-21(29-22(28-20)30-12-14-32-15-13-30)17-4-6-18(7-5-17)25-23(31)26-19-8-10-24-11-9-19/h4-11H,2-3,12-15H2,1H3,(H2,24,25,26,31). The van der Waals surface area contributed by atoms with E-state index in [1.165, 1.54) is 0 Å². The monoisotopic (exact) mass is 447 g/mol. The van der Waals surface area contributed by atoms with Gasteiger partial charge in [-0.05, 0) is 43.3 Å². The predicted octanol–water partition coefficient (Wildman–Crippen LogP) is 3.42. The van der Waals surface area contributed by atoms with Crippen molar-refractivity contribution in [2.75, 3.05) is 48.4 Å². The molecule has 4 rings (SSSR count). The number of benzene rings is 1. The number of ether oxygens (including phenoxy) is 2. The van der Waals surface area contributed by atoms with Gasteiger partial charge in [0, 0.05) is 42.4 Å². The van der Waals surface area contributed by atoms with Crippen molar-refractivity contribution in [2.24, 2.45) is 0 Å². The molecule has 0 aliphatic carbocycles. The third-order valence-electron chi connectivity index (χ3n) is 4.82. The summed E-state index contributed by atoms with van der Waals surface area (Å²) >= 11 is 0. The minimum absolute atomic E-state index is 0.348. The van der Waals surface area contributed by atoms with Crippen LogP contribution in [0.3, 0.4) is 0 Å². The van der Waals surface area contributed by atoms with Crippen LogP contribution in [0.1, 0.15) is 12.7 Å². The van der Waals surface area contributed by atoms with Crippen LogP contribution < -0.4 is 15.5 Å². The van der Waals surface area contributed by atoms with Gasteiger partial charge in [0.15, 0.2) is 17.4 Å². The van der Waals surface area contributed by atoms with Crippen LogP contribution in [-0.4, -0.2) is 58.9 Å².